The maximum atomic E-state index is 12.8. The smallest absolute Gasteiger partial charge is 0.224 e. The first kappa shape index (κ1) is 21.9. The van der Waals surface area contributed by atoms with Crippen LogP contribution in [0.25, 0.3) is 0 Å². The molecular formula is C24H26N4O3. The van der Waals surface area contributed by atoms with E-state index < -0.39 is 0 Å². The van der Waals surface area contributed by atoms with Gasteiger partial charge in [0.25, 0.3) is 0 Å². The summed E-state index contributed by atoms with van der Waals surface area (Å²) in [4.78, 5) is 28.9. The third-order valence-electron chi connectivity index (χ3n) is 5.06. The number of para-hydroxylation sites is 4. The third kappa shape index (κ3) is 4.69. The number of rotatable bonds is 8. The lowest BCUT2D eigenvalue weighted by Crippen LogP contribution is -2.26. The minimum absolute atomic E-state index is 0.0280. The number of nitrogens with zero attached hydrogens (tertiary/aromatic N) is 3. The number of nitrogens with one attached hydrogen (secondary N) is 1. The number of ketones is 1. The third-order valence-corrected chi connectivity index (χ3v) is 5.06. The molecule has 1 aliphatic heterocycles. The van der Waals surface area contributed by atoms with Gasteiger partial charge < -0.3 is 19.9 Å². The Morgan fingerprint density at radius 3 is 2.23 bits per heavy atom. The Hall–Kier alpha value is -3.79. The van der Waals surface area contributed by atoms with Crippen LogP contribution < -0.4 is 19.9 Å². The van der Waals surface area contributed by atoms with Crippen LogP contribution in [0.2, 0.25) is 0 Å². The zero-order valence-corrected chi connectivity index (χ0v) is 18.0. The average molecular weight is 418 g/mol. The van der Waals surface area contributed by atoms with E-state index in [1.807, 2.05) is 67.2 Å². The minimum atomic E-state index is -0.366. The monoisotopic (exact) mass is 418 g/mol. The van der Waals surface area contributed by atoms with Gasteiger partial charge in [-0.15, -0.1) is 0 Å². The molecule has 0 saturated heterocycles. The van der Waals surface area contributed by atoms with Gasteiger partial charge in [-0.1, -0.05) is 31.2 Å². The second-order valence-electron chi connectivity index (χ2n) is 7.23. The van der Waals surface area contributed by atoms with Gasteiger partial charge >= 0.3 is 0 Å². The Labute approximate surface area is 182 Å². The number of fused-ring (bicyclic) bond motifs is 1. The number of allylic oxidation sites excluding steroid dienone is 1. The Morgan fingerprint density at radius 1 is 1.00 bits per heavy atom. The van der Waals surface area contributed by atoms with Crippen LogP contribution in [0, 0.1) is 11.3 Å². The summed E-state index contributed by atoms with van der Waals surface area (Å²) in [6.45, 7) is 2.56. The van der Waals surface area contributed by atoms with Gasteiger partial charge in [0.05, 0.1) is 23.7 Å². The van der Waals surface area contributed by atoms with Gasteiger partial charge in [0.2, 0.25) is 5.91 Å². The molecule has 7 heteroatoms. The molecule has 1 N–H and O–H groups in total. The molecule has 0 unspecified atom stereocenters. The van der Waals surface area contributed by atoms with Crippen molar-refractivity contribution in [3.8, 4) is 11.8 Å². The Morgan fingerprint density at radius 2 is 1.61 bits per heavy atom. The molecule has 0 atom stereocenters. The molecular weight excluding hydrogens is 392 g/mol. The van der Waals surface area contributed by atoms with Crippen molar-refractivity contribution in [2.45, 2.75) is 26.2 Å². The largest absolute Gasteiger partial charge is 0.491 e. The zero-order valence-electron chi connectivity index (χ0n) is 18.0. The Balaban J connectivity index is 1.69. The van der Waals surface area contributed by atoms with Gasteiger partial charge in [-0.3, -0.25) is 9.59 Å². The van der Waals surface area contributed by atoms with E-state index in [1.54, 1.807) is 18.2 Å². The van der Waals surface area contributed by atoms with Crippen LogP contribution in [-0.4, -0.2) is 32.4 Å². The van der Waals surface area contributed by atoms with Gasteiger partial charge in [0.15, 0.2) is 5.78 Å². The molecule has 1 aliphatic rings. The highest BCUT2D eigenvalue weighted by Crippen LogP contribution is 2.40. The summed E-state index contributed by atoms with van der Waals surface area (Å²) in [7, 11) is 3.64. The number of carbonyl (C=O) groups excluding carboxylic acids is 2. The molecule has 3 rings (SSSR count). The SMILES string of the molecule is CCCOc1ccccc1NC(=O)CCC(=O)C(C#N)=C1N(C)c2ccccc2N1C. The predicted molar refractivity (Wildman–Crippen MR) is 121 cm³/mol. The van der Waals surface area contributed by atoms with Crippen LogP contribution in [0.15, 0.2) is 59.9 Å². The zero-order chi connectivity index (χ0) is 22.4. The lowest BCUT2D eigenvalue weighted by atomic mass is 10.1. The van der Waals surface area contributed by atoms with E-state index in [1.165, 1.54) is 0 Å². The quantitative estimate of drug-likeness (QED) is 0.513. The van der Waals surface area contributed by atoms with E-state index in [0.29, 0.717) is 23.9 Å². The van der Waals surface area contributed by atoms with Crippen molar-refractivity contribution in [1.82, 2.24) is 0 Å². The number of Topliss-reactive ketones (excluding diaryl/α,β-unsaturated/α-hetero) is 1. The lowest BCUT2D eigenvalue weighted by Gasteiger charge is -2.20. The molecule has 0 radical (unpaired) electrons. The summed E-state index contributed by atoms with van der Waals surface area (Å²) < 4.78 is 5.65. The van der Waals surface area contributed by atoms with Crippen LogP contribution in [-0.2, 0) is 9.59 Å². The van der Waals surface area contributed by atoms with E-state index in [2.05, 4.69) is 5.32 Å². The number of hydrogen-bond acceptors (Lipinski definition) is 6. The maximum Gasteiger partial charge on any atom is 0.224 e. The highest BCUT2D eigenvalue weighted by atomic mass is 16.5. The summed E-state index contributed by atoms with van der Waals surface area (Å²) in [6, 6.07) is 16.9. The number of amides is 1. The number of anilines is 3. The predicted octanol–water partition coefficient (Wildman–Crippen LogP) is 4.08. The van der Waals surface area contributed by atoms with Crippen LogP contribution >= 0.6 is 0 Å². The van der Waals surface area contributed by atoms with Crippen molar-refractivity contribution < 1.29 is 14.3 Å². The molecule has 31 heavy (non-hydrogen) atoms. The first-order valence-corrected chi connectivity index (χ1v) is 10.2. The number of hydrogen-bond donors (Lipinski definition) is 1. The van der Waals surface area contributed by atoms with Gasteiger partial charge in [0.1, 0.15) is 23.2 Å². The molecule has 0 aliphatic carbocycles. The van der Waals surface area contributed by atoms with Crippen molar-refractivity contribution >= 4 is 28.8 Å². The first-order valence-electron chi connectivity index (χ1n) is 10.2. The van der Waals surface area contributed by atoms with E-state index in [4.69, 9.17) is 4.74 Å². The molecule has 0 spiro atoms. The molecule has 0 fully saturated rings. The first-order chi connectivity index (χ1) is 15.0. The van der Waals surface area contributed by atoms with Crippen molar-refractivity contribution in [1.29, 1.82) is 5.26 Å². The van der Waals surface area contributed by atoms with E-state index in [9.17, 15) is 14.9 Å². The number of carbonyl (C=O) groups is 2. The Bertz CT molecular complexity index is 1020. The molecule has 0 bridgehead atoms. The van der Waals surface area contributed by atoms with Crippen LogP contribution in [0.5, 0.6) is 5.75 Å². The molecule has 0 aromatic heterocycles. The number of ether oxygens (including phenoxy) is 1. The summed E-state index contributed by atoms with van der Waals surface area (Å²) in [5.41, 5.74) is 2.45. The fourth-order valence-corrected chi connectivity index (χ4v) is 3.53. The molecule has 1 heterocycles. The lowest BCUT2D eigenvalue weighted by molar-refractivity contribution is -0.120. The minimum Gasteiger partial charge on any atom is -0.491 e. The number of benzene rings is 2. The summed E-state index contributed by atoms with van der Waals surface area (Å²) in [5.74, 6) is 0.442. The fourth-order valence-electron chi connectivity index (χ4n) is 3.53. The van der Waals surface area contributed by atoms with Gasteiger partial charge in [-0.25, -0.2) is 0 Å². The molecule has 7 nitrogen and oxygen atoms in total. The van der Waals surface area contributed by atoms with Crippen molar-refractivity contribution in [3.63, 3.8) is 0 Å². The van der Waals surface area contributed by atoms with Crippen LogP contribution in [0.4, 0.5) is 17.1 Å². The molecule has 1 amide bonds. The van der Waals surface area contributed by atoms with Crippen molar-refractivity contribution in [3.05, 3.63) is 59.9 Å². The van der Waals surface area contributed by atoms with Crippen LogP contribution in [0.3, 0.4) is 0 Å². The second-order valence-corrected chi connectivity index (χ2v) is 7.23. The maximum absolute atomic E-state index is 12.8. The van der Waals surface area contributed by atoms with Crippen molar-refractivity contribution in [2.75, 3.05) is 35.8 Å². The topological polar surface area (TPSA) is 85.7 Å². The van der Waals surface area contributed by atoms with Crippen LogP contribution in [0.1, 0.15) is 26.2 Å². The van der Waals surface area contributed by atoms with E-state index >= 15 is 0 Å². The summed E-state index contributed by atoms with van der Waals surface area (Å²) >= 11 is 0. The Kier molecular flexibility index (Phi) is 6.93. The van der Waals surface area contributed by atoms with Gasteiger partial charge in [0, 0.05) is 26.9 Å². The highest BCUT2D eigenvalue weighted by Gasteiger charge is 2.31. The molecule has 2 aromatic rings. The molecule has 0 saturated carbocycles. The van der Waals surface area contributed by atoms with E-state index in [0.717, 1.165) is 17.8 Å². The van der Waals surface area contributed by atoms with Gasteiger partial charge in [-0.05, 0) is 30.7 Å². The highest BCUT2D eigenvalue weighted by molar-refractivity contribution is 6.04. The number of nitriles is 1. The van der Waals surface area contributed by atoms with E-state index in [-0.39, 0.29) is 30.1 Å². The van der Waals surface area contributed by atoms with Crippen molar-refractivity contribution in [2.24, 2.45) is 0 Å². The van der Waals surface area contributed by atoms with Gasteiger partial charge in [-0.2, -0.15) is 5.26 Å². The molecule has 160 valence electrons. The summed E-state index contributed by atoms with van der Waals surface area (Å²) in [6.07, 6.45) is 0.767. The normalized spacial score (nSPS) is 12.3. The summed E-state index contributed by atoms with van der Waals surface area (Å²) in [5, 5.41) is 12.5. The standard InChI is InChI=1S/C24H26N4O3/c1-4-15-31-22-12-8-5-9-18(22)26-23(30)14-13-21(29)17(16-25)24-27(2)19-10-6-7-11-20(19)28(24)3/h5-12H,4,13-15H2,1-3H3,(H,26,30). The fraction of sp³-hybridized carbons (Fsp3) is 0.292. The average Bonchev–Trinajstić information content (AvgIpc) is 3.03. The molecule has 2 aromatic carbocycles. The second kappa shape index (κ2) is 9.81.